The molecule has 1 aliphatic heterocycles. The molecule has 0 aliphatic carbocycles. The van der Waals surface area contributed by atoms with Gasteiger partial charge in [0.15, 0.2) is 0 Å². The van der Waals surface area contributed by atoms with E-state index in [2.05, 4.69) is 0 Å². The number of morpholine rings is 1. The molecule has 2 amide bonds. The van der Waals surface area contributed by atoms with Crippen molar-refractivity contribution in [2.75, 3.05) is 39.9 Å². The highest BCUT2D eigenvalue weighted by atomic mass is 16.5. The Morgan fingerprint density at radius 2 is 1.65 bits per heavy atom. The number of likely N-dealkylation sites (N-methyl/N-ethyl adjacent to an activating group) is 1. The van der Waals surface area contributed by atoms with E-state index < -0.39 is 0 Å². The summed E-state index contributed by atoms with van der Waals surface area (Å²) < 4.78 is 7.08. The minimum atomic E-state index is -0.222. The van der Waals surface area contributed by atoms with Gasteiger partial charge in [0.05, 0.1) is 31.9 Å². The molecule has 160 valence electrons. The molecule has 3 aromatic rings. The Labute approximate surface area is 181 Å². The van der Waals surface area contributed by atoms with Gasteiger partial charge < -0.3 is 14.5 Å². The van der Waals surface area contributed by atoms with Gasteiger partial charge in [0, 0.05) is 31.9 Å². The third-order valence-electron chi connectivity index (χ3n) is 5.31. The zero-order chi connectivity index (χ0) is 21.6. The Morgan fingerprint density at radius 3 is 2.32 bits per heavy atom. The summed E-state index contributed by atoms with van der Waals surface area (Å²) >= 11 is 0. The fourth-order valence-corrected chi connectivity index (χ4v) is 3.63. The maximum atomic E-state index is 13.3. The highest BCUT2D eigenvalue weighted by Crippen LogP contribution is 2.23. The number of rotatable bonds is 6. The molecule has 0 atom stereocenters. The second kappa shape index (κ2) is 9.57. The van der Waals surface area contributed by atoms with Gasteiger partial charge in [-0.3, -0.25) is 14.3 Å². The van der Waals surface area contributed by atoms with Gasteiger partial charge >= 0.3 is 0 Å². The van der Waals surface area contributed by atoms with Crippen molar-refractivity contribution in [3.05, 3.63) is 78.0 Å². The van der Waals surface area contributed by atoms with Crippen LogP contribution in [0.3, 0.4) is 0 Å². The first-order valence-corrected chi connectivity index (χ1v) is 10.4. The number of aromatic nitrogens is 2. The maximum Gasteiger partial charge on any atom is 0.257 e. The van der Waals surface area contributed by atoms with Crippen LogP contribution >= 0.6 is 0 Å². The summed E-state index contributed by atoms with van der Waals surface area (Å²) in [7, 11) is 1.66. The van der Waals surface area contributed by atoms with Crippen LogP contribution in [0.15, 0.2) is 66.9 Å². The van der Waals surface area contributed by atoms with Gasteiger partial charge in [-0.15, -0.1) is 0 Å². The van der Waals surface area contributed by atoms with E-state index in [1.54, 1.807) is 22.8 Å². The third-order valence-corrected chi connectivity index (χ3v) is 5.31. The molecule has 0 unspecified atom stereocenters. The summed E-state index contributed by atoms with van der Waals surface area (Å²) in [6.45, 7) is 2.78. The van der Waals surface area contributed by atoms with Crippen LogP contribution in [0.5, 0.6) is 0 Å². The van der Waals surface area contributed by atoms with Crippen LogP contribution in [-0.4, -0.2) is 71.3 Å². The number of benzene rings is 2. The fourth-order valence-electron chi connectivity index (χ4n) is 3.63. The molecule has 1 aromatic heterocycles. The van der Waals surface area contributed by atoms with Crippen LogP contribution in [0.25, 0.3) is 11.3 Å². The fraction of sp³-hybridized carbons (Fsp3) is 0.292. The van der Waals surface area contributed by atoms with Crippen molar-refractivity contribution < 1.29 is 14.3 Å². The van der Waals surface area contributed by atoms with Crippen molar-refractivity contribution >= 4 is 11.8 Å². The third kappa shape index (κ3) is 5.00. The van der Waals surface area contributed by atoms with Crippen molar-refractivity contribution in [1.29, 1.82) is 0 Å². The molecule has 0 N–H and O–H groups in total. The Kier molecular flexibility index (Phi) is 6.43. The first-order valence-electron chi connectivity index (χ1n) is 10.4. The van der Waals surface area contributed by atoms with Crippen molar-refractivity contribution in [3.63, 3.8) is 0 Å². The van der Waals surface area contributed by atoms with Gasteiger partial charge in [0.2, 0.25) is 5.91 Å². The molecule has 1 aliphatic rings. The zero-order valence-corrected chi connectivity index (χ0v) is 17.6. The standard InChI is InChI=1S/C24H26N4O3/c1-26(18-22(29)27-12-14-31-15-13-27)24(30)21-17-28(16-19-8-4-2-5-9-19)25-23(21)20-10-6-3-7-11-20/h2-11,17H,12-16,18H2,1H3. The summed E-state index contributed by atoms with van der Waals surface area (Å²) in [6.07, 6.45) is 1.77. The van der Waals surface area contributed by atoms with Gasteiger partial charge in [-0.25, -0.2) is 0 Å². The Morgan fingerprint density at radius 1 is 1.00 bits per heavy atom. The van der Waals surface area contributed by atoms with Gasteiger partial charge in [-0.2, -0.15) is 5.10 Å². The second-order valence-electron chi connectivity index (χ2n) is 7.59. The summed E-state index contributed by atoms with van der Waals surface area (Å²) in [5, 5.41) is 4.71. The summed E-state index contributed by atoms with van der Waals surface area (Å²) in [5.74, 6) is -0.295. The predicted octanol–water partition coefficient (Wildman–Crippen LogP) is 2.53. The van der Waals surface area contributed by atoms with Crippen molar-refractivity contribution in [3.8, 4) is 11.3 Å². The van der Waals surface area contributed by atoms with Gasteiger partial charge in [-0.05, 0) is 5.56 Å². The number of hydrogen-bond acceptors (Lipinski definition) is 4. The molecule has 2 heterocycles. The van der Waals surface area contributed by atoms with E-state index in [4.69, 9.17) is 9.84 Å². The van der Waals surface area contributed by atoms with Crippen molar-refractivity contribution in [1.82, 2.24) is 19.6 Å². The Balaban J connectivity index is 1.57. The lowest BCUT2D eigenvalue weighted by atomic mass is 10.1. The van der Waals surface area contributed by atoms with Crippen LogP contribution in [-0.2, 0) is 16.1 Å². The number of carbonyl (C=O) groups excluding carboxylic acids is 2. The molecule has 7 heteroatoms. The zero-order valence-electron chi connectivity index (χ0n) is 17.6. The van der Waals surface area contributed by atoms with Crippen molar-refractivity contribution in [2.24, 2.45) is 0 Å². The molecule has 1 fully saturated rings. The summed E-state index contributed by atoms with van der Waals surface area (Å²) in [5.41, 5.74) is 3.07. The van der Waals surface area contributed by atoms with Crippen LogP contribution in [0.4, 0.5) is 0 Å². The minimum Gasteiger partial charge on any atom is -0.378 e. The first kappa shape index (κ1) is 20.8. The molecule has 0 saturated carbocycles. The average molecular weight is 418 g/mol. The van der Waals surface area contributed by atoms with Gasteiger partial charge in [-0.1, -0.05) is 60.7 Å². The van der Waals surface area contributed by atoms with Gasteiger partial charge in [0.25, 0.3) is 5.91 Å². The molecule has 4 rings (SSSR count). The lowest BCUT2D eigenvalue weighted by Gasteiger charge is -2.28. The molecular weight excluding hydrogens is 392 g/mol. The minimum absolute atomic E-state index is 0.0247. The molecule has 0 radical (unpaired) electrons. The molecule has 0 spiro atoms. The van der Waals surface area contributed by atoms with Crippen LogP contribution in [0.1, 0.15) is 15.9 Å². The van der Waals surface area contributed by atoms with E-state index in [0.29, 0.717) is 44.1 Å². The second-order valence-corrected chi connectivity index (χ2v) is 7.59. The number of amides is 2. The topological polar surface area (TPSA) is 67.7 Å². The van der Waals surface area contributed by atoms with E-state index in [9.17, 15) is 9.59 Å². The highest BCUT2D eigenvalue weighted by Gasteiger charge is 2.25. The molecule has 1 saturated heterocycles. The predicted molar refractivity (Wildman–Crippen MR) is 118 cm³/mol. The average Bonchev–Trinajstić information content (AvgIpc) is 3.24. The SMILES string of the molecule is CN(CC(=O)N1CCOCC1)C(=O)c1cn(Cc2ccccc2)nc1-c1ccccc1. The van der Waals surface area contributed by atoms with Crippen LogP contribution < -0.4 is 0 Å². The highest BCUT2D eigenvalue weighted by molar-refractivity contribution is 6.01. The molecule has 2 aromatic carbocycles. The lowest BCUT2D eigenvalue weighted by molar-refractivity contribution is -0.135. The number of carbonyl (C=O) groups is 2. The van der Waals surface area contributed by atoms with E-state index in [1.807, 2.05) is 60.7 Å². The Hall–Kier alpha value is -3.45. The van der Waals surface area contributed by atoms with E-state index in [1.165, 1.54) is 4.90 Å². The quantitative estimate of drug-likeness (QED) is 0.617. The van der Waals surface area contributed by atoms with Crippen LogP contribution in [0.2, 0.25) is 0 Å². The number of hydrogen-bond donors (Lipinski definition) is 0. The van der Waals surface area contributed by atoms with Crippen molar-refractivity contribution in [2.45, 2.75) is 6.54 Å². The molecule has 31 heavy (non-hydrogen) atoms. The Bertz CT molecular complexity index is 1030. The maximum absolute atomic E-state index is 13.3. The smallest absolute Gasteiger partial charge is 0.257 e. The van der Waals surface area contributed by atoms with E-state index >= 15 is 0 Å². The van der Waals surface area contributed by atoms with E-state index in [0.717, 1.165) is 11.1 Å². The first-order chi connectivity index (χ1) is 15.1. The van der Waals surface area contributed by atoms with E-state index in [-0.39, 0.29) is 18.4 Å². The summed E-state index contributed by atoms with van der Waals surface area (Å²) in [4.78, 5) is 29.1. The monoisotopic (exact) mass is 418 g/mol. The van der Waals surface area contributed by atoms with Crippen LogP contribution in [0, 0.1) is 0 Å². The largest absolute Gasteiger partial charge is 0.378 e. The molecular formula is C24H26N4O3. The number of nitrogens with zero attached hydrogens (tertiary/aromatic N) is 4. The normalized spacial score (nSPS) is 13.8. The van der Waals surface area contributed by atoms with Gasteiger partial charge in [0.1, 0.15) is 5.69 Å². The lowest BCUT2D eigenvalue weighted by Crippen LogP contribution is -2.46. The number of ether oxygens (including phenoxy) is 1. The summed E-state index contributed by atoms with van der Waals surface area (Å²) in [6, 6.07) is 19.6. The molecule has 0 bridgehead atoms. The molecule has 7 nitrogen and oxygen atoms in total.